The Balaban J connectivity index is 0.000000280. The van der Waals surface area contributed by atoms with Gasteiger partial charge in [-0.15, -0.1) is 0 Å². The van der Waals surface area contributed by atoms with Crippen molar-refractivity contribution in [2.75, 3.05) is 0 Å². The van der Waals surface area contributed by atoms with Crippen molar-refractivity contribution in [1.29, 1.82) is 0 Å². The van der Waals surface area contributed by atoms with Crippen LogP contribution in [-0.4, -0.2) is 24.4 Å². The van der Waals surface area contributed by atoms with E-state index in [4.69, 9.17) is 9.47 Å². The Bertz CT molecular complexity index is 388. The largest absolute Gasteiger partial charge is 0.374 e. The quantitative estimate of drug-likeness (QED) is 0.491. The Hall–Kier alpha value is -0.0800. The monoisotopic (exact) mass is 396 g/mol. The molecule has 0 spiro atoms. The molecule has 168 valence electrons. The number of rotatable bonds is 4. The maximum absolute atomic E-state index is 6.19. The highest BCUT2D eigenvalue weighted by molar-refractivity contribution is 4.87. The van der Waals surface area contributed by atoms with Crippen LogP contribution in [0.1, 0.15) is 95.9 Å². The van der Waals surface area contributed by atoms with Crippen molar-refractivity contribution in [2.45, 2.75) is 120 Å². The summed E-state index contributed by atoms with van der Waals surface area (Å²) in [4.78, 5) is 0. The van der Waals surface area contributed by atoms with Crippen LogP contribution in [0.2, 0.25) is 0 Å². The molecule has 2 aliphatic rings. The minimum absolute atomic E-state index is 0.464. The summed E-state index contributed by atoms with van der Waals surface area (Å²) in [5.74, 6) is 5.71. The summed E-state index contributed by atoms with van der Waals surface area (Å²) in [7, 11) is 0. The third-order valence-electron chi connectivity index (χ3n) is 8.31. The van der Waals surface area contributed by atoms with Gasteiger partial charge in [0.1, 0.15) is 0 Å². The van der Waals surface area contributed by atoms with E-state index in [1.165, 1.54) is 0 Å². The Morgan fingerprint density at radius 2 is 0.786 bits per heavy atom. The fourth-order valence-corrected chi connectivity index (χ4v) is 5.60. The standard InChI is InChI=1S/2C13H26O/c2*1-7-12-10(5)9(4)11(6)13(14-12)8(2)3/h2*8-13H,7H2,1-6H3/t2*9-,10+,11?,12?,13?/m10/s1. The number of ether oxygens (including phenoxy) is 2. The van der Waals surface area contributed by atoms with Gasteiger partial charge in [-0.3, -0.25) is 0 Å². The molecule has 2 heterocycles. The predicted molar refractivity (Wildman–Crippen MR) is 123 cm³/mol. The molecule has 0 radical (unpaired) electrons. The van der Waals surface area contributed by atoms with Crippen LogP contribution in [0.15, 0.2) is 0 Å². The maximum Gasteiger partial charge on any atom is 0.0630 e. The predicted octanol–water partition coefficient (Wildman–Crippen LogP) is 7.46. The van der Waals surface area contributed by atoms with Gasteiger partial charge in [-0.2, -0.15) is 0 Å². The van der Waals surface area contributed by atoms with E-state index in [2.05, 4.69) is 83.1 Å². The van der Waals surface area contributed by atoms with Gasteiger partial charge < -0.3 is 9.47 Å². The smallest absolute Gasteiger partial charge is 0.0630 e. The first kappa shape index (κ1) is 26.0. The first-order valence-corrected chi connectivity index (χ1v) is 12.3. The van der Waals surface area contributed by atoms with Crippen molar-refractivity contribution < 1.29 is 9.47 Å². The Kier molecular flexibility index (Phi) is 10.5. The lowest BCUT2D eigenvalue weighted by atomic mass is 9.73. The van der Waals surface area contributed by atoms with Gasteiger partial charge in [0.15, 0.2) is 0 Å². The second-order valence-corrected chi connectivity index (χ2v) is 10.7. The minimum atomic E-state index is 0.464. The van der Waals surface area contributed by atoms with E-state index in [1.807, 2.05) is 0 Å². The molecule has 2 heteroatoms. The molecule has 0 amide bonds. The Labute approximate surface area is 177 Å². The van der Waals surface area contributed by atoms with Crippen LogP contribution in [0.4, 0.5) is 0 Å². The van der Waals surface area contributed by atoms with Gasteiger partial charge in [-0.05, 0) is 60.2 Å². The topological polar surface area (TPSA) is 18.5 Å². The highest BCUT2D eigenvalue weighted by Gasteiger charge is 2.40. The summed E-state index contributed by atoms with van der Waals surface area (Å²) in [5.41, 5.74) is 0. The molecule has 0 aromatic rings. The van der Waals surface area contributed by atoms with Crippen LogP contribution < -0.4 is 0 Å². The zero-order valence-corrected chi connectivity index (χ0v) is 21.2. The fraction of sp³-hybridized carbons (Fsp3) is 1.00. The molecule has 2 fully saturated rings. The average Bonchev–Trinajstić information content (AvgIpc) is 2.64. The molecule has 28 heavy (non-hydrogen) atoms. The molecule has 0 aromatic heterocycles. The summed E-state index contributed by atoms with van der Waals surface area (Å²) in [6, 6.07) is 0. The summed E-state index contributed by atoms with van der Waals surface area (Å²) in [5, 5.41) is 0. The van der Waals surface area contributed by atoms with Crippen molar-refractivity contribution in [1.82, 2.24) is 0 Å². The van der Waals surface area contributed by atoms with Crippen LogP contribution in [0.3, 0.4) is 0 Å². The van der Waals surface area contributed by atoms with Crippen molar-refractivity contribution in [2.24, 2.45) is 47.3 Å². The highest BCUT2D eigenvalue weighted by Crippen LogP contribution is 2.39. The molecule has 0 saturated carbocycles. The molecule has 2 aliphatic heterocycles. The molecule has 2 rings (SSSR count). The van der Waals surface area contributed by atoms with Crippen molar-refractivity contribution in [3.63, 3.8) is 0 Å². The molecule has 10 atom stereocenters. The minimum Gasteiger partial charge on any atom is -0.374 e. The Morgan fingerprint density at radius 1 is 0.500 bits per heavy atom. The van der Waals surface area contributed by atoms with Gasteiger partial charge in [0.25, 0.3) is 0 Å². The van der Waals surface area contributed by atoms with Crippen LogP contribution in [-0.2, 0) is 9.47 Å². The first-order valence-electron chi connectivity index (χ1n) is 12.3. The normalized spacial score (nSPS) is 44.4. The summed E-state index contributed by atoms with van der Waals surface area (Å²) in [6.07, 6.45) is 4.20. The van der Waals surface area contributed by atoms with E-state index in [0.29, 0.717) is 59.9 Å². The van der Waals surface area contributed by atoms with Crippen molar-refractivity contribution in [3.05, 3.63) is 0 Å². The lowest BCUT2D eigenvalue weighted by molar-refractivity contribution is -0.150. The highest BCUT2D eigenvalue weighted by atomic mass is 16.5. The van der Waals surface area contributed by atoms with Gasteiger partial charge in [0.05, 0.1) is 24.4 Å². The van der Waals surface area contributed by atoms with Crippen LogP contribution in [0, 0.1) is 47.3 Å². The molecular weight excluding hydrogens is 344 g/mol. The summed E-state index contributed by atoms with van der Waals surface area (Å²) < 4.78 is 12.4. The lowest BCUT2D eigenvalue weighted by Gasteiger charge is -2.45. The zero-order chi connectivity index (χ0) is 21.8. The van der Waals surface area contributed by atoms with Gasteiger partial charge in [0, 0.05) is 0 Å². The second kappa shape index (κ2) is 11.3. The molecule has 0 aliphatic carbocycles. The molecule has 6 unspecified atom stereocenters. The molecule has 2 saturated heterocycles. The number of hydrogen-bond donors (Lipinski definition) is 0. The van der Waals surface area contributed by atoms with Crippen LogP contribution >= 0.6 is 0 Å². The fourth-order valence-electron chi connectivity index (χ4n) is 5.60. The van der Waals surface area contributed by atoms with Crippen LogP contribution in [0.25, 0.3) is 0 Å². The van der Waals surface area contributed by atoms with Gasteiger partial charge in [0.2, 0.25) is 0 Å². The van der Waals surface area contributed by atoms with E-state index < -0.39 is 0 Å². The third kappa shape index (κ3) is 5.97. The summed E-state index contributed by atoms with van der Waals surface area (Å²) in [6.45, 7) is 27.7. The molecular formula is C26H52O2. The molecule has 0 bridgehead atoms. The lowest BCUT2D eigenvalue weighted by Crippen LogP contribution is -2.46. The zero-order valence-electron chi connectivity index (χ0n) is 21.2. The van der Waals surface area contributed by atoms with Crippen molar-refractivity contribution in [3.8, 4) is 0 Å². The maximum atomic E-state index is 6.19. The first-order chi connectivity index (χ1) is 13.0. The SMILES string of the molecule is CCC1OC(C(C)C)C(C)[C@@H](C)[C@H]1C.CCC1OC(C(C)C)C(C)[C@H](C)[C@@H]1C. The van der Waals surface area contributed by atoms with E-state index in [9.17, 15) is 0 Å². The molecule has 0 N–H and O–H groups in total. The van der Waals surface area contributed by atoms with E-state index in [-0.39, 0.29) is 0 Å². The molecule has 2 nitrogen and oxygen atoms in total. The van der Waals surface area contributed by atoms with E-state index in [0.717, 1.165) is 24.7 Å². The average molecular weight is 397 g/mol. The second-order valence-electron chi connectivity index (χ2n) is 10.7. The van der Waals surface area contributed by atoms with Crippen LogP contribution in [0.5, 0.6) is 0 Å². The Morgan fingerprint density at radius 3 is 1.00 bits per heavy atom. The van der Waals surface area contributed by atoms with Gasteiger partial charge in [-0.25, -0.2) is 0 Å². The van der Waals surface area contributed by atoms with Gasteiger partial charge >= 0.3 is 0 Å². The van der Waals surface area contributed by atoms with Gasteiger partial charge in [-0.1, -0.05) is 83.1 Å². The van der Waals surface area contributed by atoms with Crippen molar-refractivity contribution >= 4 is 0 Å². The van der Waals surface area contributed by atoms with E-state index in [1.54, 1.807) is 0 Å². The number of hydrogen-bond acceptors (Lipinski definition) is 2. The van der Waals surface area contributed by atoms with E-state index >= 15 is 0 Å². The third-order valence-corrected chi connectivity index (χ3v) is 8.31. The summed E-state index contributed by atoms with van der Waals surface area (Å²) >= 11 is 0. The molecule has 0 aromatic carbocycles.